The SMILES string of the molecule is CC(C)N(CCC#N)c1cc(Cl)c(Cl)cc1[N+](=O)[O-]. The second kappa shape index (κ2) is 6.60. The van der Waals surface area contributed by atoms with Gasteiger partial charge in [-0.3, -0.25) is 10.1 Å². The number of nitro groups is 1. The van der Waals surface area contributed by atoms with Gasteiger partial charge in [0.1, 0.15) is 5.69 Å². The Kier molecular flexibility index (Phi) is 5.40. The molecular weight excluding hydrogens is 289 g/mol. The third-order valence-electron chi connectivity index (χ3n) is 2.61. The summed E-state index contributed by atoms with van der Waals surface area (Å²) in [6, 6.07) is 4.74. The summed E-state index contributed by atoms with van der Waals surface area (Å²) in [6.07, 6.45) is 0.273. The van der Waals surface area contributed by atoms with Crippen molar-refractivity contribution in [2.45, 2.75) is 26.3 Å². The standard InChI is InChI=1S/C12H13Cl2N3O2/c1-8(2)16(5-3-4-15)11-6-9(13)10(14)7-12(11)17(18)19/h6-8H,3,5H2,1-2H3. The lowest BCUT2D eigenvalue weighted by atomic mass is 10.2. The molecule has 0 aliphatic carbocycles. The highest BCUT2D eigenvalue weighted by Gasteiger charge is 2.23. The largest absolute Gasteiger partial charge is 0.362 e. The summed E-state index contributed by atoms with van der Waals surface area (Å²) in [6.45, 7) is 4.18. The third kappa shape index (κ3) is 3.72. The Labute approximate surface area is 121 Å². The lowest BCUT2D eigenvalue weighted by Crippen LogP contribution is -2.32. The lowest BCUT2D eigenvalue weighted by Gasteiger charge is -2.28. The van der Waals surface area contributed by atoms with Gasteiger partial charge < -0.3 is 4.90 Å². The monoisotopic (exact) mass is 301 g/mol. The first-order valence-electron chi connectivity index (χ1n) is 5.65. The summed E-state index contributed by atoms with van der Waals surface area (Å²) in [5, 5.41) is 20.2. The van der Waals surface area contributed by atoms with Crippen LogP contribution in [0.1, 0.15) is 20.3 Å². The fraction of sp³-hybridized carbons (Fsp3) is 0.417. The molecule has 0 aromatic heterocycles. The van der Waals surface area contributed by atoms with Gasteiger partial charge in [0.25, 0.3) is 5.69 Å². The maximum Gasteiger partial charge on any atom is 0.294 e. The molecule has 0 spiro atoms. The number of hydrogen-bond acceptors (Lipinski definition) is 4. The normalized spacial score (nSPS) is 10.3. The Hall–Kier alpha value is -1.51. The molecule has 19 heavy (non-hydrogen) atoms. The fourth-order valence-electron chi connectivity index (χ4n) is 1.73. The van der Waals surface area contributed by atoms with Crippen molar-refractivity contribution >= 4 is 34.6 Å². The summed E-state index contributed by atoms with van der Waals surface area (Å²) in [7, 11) is 0. The minimum absolute atomic E-state index is 0.00397. The number of hydrogen-bond donors (Lipinski definition) is 0. The average molecular weight is 302 g/mol. The third-order valence-corrected chi connectivity index (χ3v) is 3.33. The molecule has 1 aromatic carbocycles. The van der Waals surface area contributed by atoms with Crippen molar-refractivity contribution in [3.8, 4) is 6.07 Å². The fourth-order valence-corrected chi connectivity index (χ4v) is 2.05. The van der Waals surface area contributed by atoms with E-state index in [1.165, 1.54) is 12.1 Å². The molecule has 0 fully saturated rings. The van der Waals surface area contributed by atoms with Crippen molar-refractivity contribution in [2.24, 2.45) is 0 Å². The van der Waals surface area contributed by atoms with Gasteiger partial charge in [0.2, 0.25) is 0 Å². The second-order valence-electron chi connectivity index (χ2n) is 4.21. The first kappa shape index (κ1) is 15.5. The Morgan fingerprint density at radius 3 is 2.47 bits per heavy atom. The first-order valence-corrected chi connectivity index (χ1v) is 6.41. The van der Waals surface area contributed by atoms with E-state index in [1.807, 2.05) is 19.9 Å². The molecule has 7 heteroatoms. The topological polar surface area (TPSA) is 70.2 Å². The number of anilines is 1. The summed E-state index contributed by atoms with van der Waals surface area (Å²) in [5.41, 5.74) is 0.269. The Bertz CT molecular complexity index is 526. The minimum atomic E-state index is -0.501. The van der Waals surface area contributed by atoms with Gasteiger partial charge in [-0.05, 0) is 19.9 Å². The van der Waals surface area contributed by atoms with Crippen LogP contribution in [-0.4, -0.2) is 17.5 Å². The van der Waals surface area contributed by atoms with E-state index in [0.717, 1.165) is 0 Å². The van der Waals surface area contributed by atoms with E-state index < -0.39 is 4.92 Å². The second-order valence-corrected chi connectivity index (χ2v) is 5.02. The number of nitriles is 1. The molecule has 0 bridgehead atoms. The van der Waals surface area contributed by atoms with Crippen LogP contribution in [-0.2, 0) is 0 Å². The number of nitro benzene ring substituents is 1. The van der Waals surface area contributed by atoms with Crippen molar-refractivity contribution in [3.05, 3.63) is 32.3 Å². The summed E-state index contributed by atoms with van der Waals surface area (Å²) in [5.74, 6) is 0. The van der Waals surface area contributed by atoms with Crippen molar-refractivity contribution in [1.29, 1.82) is 5.26 Å². The quantitative estimate of drug-likeness (QED) is 0.608. The molecule has 0 atom stereocenters. The first-order chi connectivity index (χ1) is 8.88. The van der Waals surface area contributed by atoms with Gasteiger partial charge in [-0.2, -0.15) is 5.26 Å². The van der Waals surface area contributed by atoms with Crippen molar-refractivity contribution < 1.29 is 4.92 Å². The van der Waals surface area contributed by atoms with Gasteiger partial charge >= 0.3 is 0 Å². The predicted octanol–water partition coefficient (Wildman–Crippen LogP) is 4.03. The molecule has 0 saturated carbocycles. The molecular formula is C12H13Cl2N3O2. The molecule has 0 radical (unpaired) electrons. The van der Waals surface area contributed by atoms with Gasteiger partial charge in [0.15, 0.2) is 0 Å². The maximum absolute atomic E-state index is 11.1. The number of nitrogens with zero attached hydrogens (tertiary/aromatic N) is 3. The molecule has 1 rings (SSSR count). The van der Waals surface area contributed by atoms with Gasteiger partial charge in [0, 0.05) is 18.7 Å². The van der Waals surface area contributed by atoms with Crippen molar-refractivity contribution in [1.82, 2.24) is 0 Å². The van der Waals surface area contributed by atoms with Crippen molar-refractivity contribution in [3.63, 3.8) is 0 Å². The Morgan fingerprint density at radius 1 is 1.42 bits per heavy atom. The van der Waals surface area contributed by atoms with E-state index in [0.29, 0.717) is 12.2 Å². The lowest BCUT2D eigenvalue weighted by molar-refractivity contribution is -0.384. The van der Waals surface area contributed by atoms with Crippen LogP contribution in [0.4, 0.5) is 11.4 Å². The molecule has 0 amide bonds. The van der Waals surface area contributed by atoms with E-state index in [-0.39, 0.29) is 28.2 Å². The van der Waals surface area contributed by atoms with E-state index in [4.69, 9.17) is 28.5 Å². The summed E-state index contributed by atoms with van der Waals surface area (Å²) < 4.78 is 0. The molecule has 0 saturated heterocycles. The van der Waals surface area contributed by atoms with E-state index in [2.05, 4.69) is 0 Å². The van der Waals surface area contributed by atoms with Crippen LogP contribution in [0.25, 0.3) is 0 Å². The number of benzene rings is 1. The molecule has 0 aliphatic rings. The van der Waals surface area contributed by atoms with Gasteiger partial charge in [-0.25, -0.2) is 0 Å². The highest BCUT2D eigenvalue weighted by Crippen LogP contribution is 2.37. The van der Waals surface area contributed by atoms with Crippen LogP contribution in [0.5, 0.6) is 0 Å². The summed E-state index contributed by atoms with van der Waals surface area (Å²) in [4.78, 5) is 12.4. The Balaban J connectivity index is 3.32. The molecule has 102 valence electrons. The predicted molar refractivity (Wildman–Crippen MR) is 75.8 cm³/mol. The average Bonchev–Trinajstić information content (AvgIpc) is 2.32. The van der Waals surface area contributed by atoms with E-state index in [1.54, 1.807) is 4.90 Å². The zero-order valence-corrected chi connectivity index (χ0v) is 12.1. The minimum Gasteiger partial charge on any atom is -0.362 e. The highest BCUT2D eigenvalue weighted by atomic mass is 35.5. The smallest absolute Gasteiger partial charge is 0.294 e. The van der Waals surface area contributed by atoms with Gasteiger partial charge in [-0.1, -0.05) is 23.2 Å². The Morgan fingerprint density at radius 2 is 2.00 bits per heavy atom. The van der Waals surface area contributed by atoms with E-state index in [9.17, 15) is 10.1 Å². The van der Waals surface area contributed by atoms with E-state index >= 15 is 0 Å². The zero-order valence-electron chi connectivity index (χ0n) is 10.6. The molecule has 0 heterocycles. The van der Waals surface area contributed by atoms with Gasteiger partial charge in [0.05, 0.1) is 27.5 Å². The molecule has 5 nitrogen and oxygen atoms in total. The van der Waals surface area contributed by atoms with Crippen LogP contribution in [0.15, 0.2) is 12.1 Å². The maximum atomic E-state index is 11.1. The molecule has 0 N–H and O–H groups in total. The van der Waals surface area contributed by atoms with Crippen molar-refractivity contribution in [2.75, 3.05) is 11.4 Å². The van der Waals surface area contributed by atoms with Gasteiger partial charge in [-0.15, -0.1) is 0 Å². The molecule has 0 aliphatic heterocycles. The molecule has 0 unspecified atom stereocenters. The number of rotatable bonds is 5. The summed E-state index contributed by atoms with van der Waals surface area (Å²) >= 11 is 11.7. The highest BCUT2D eigenvalue weighted by molar-refractivity contribution is 6.42. The van der Waals surface area contributed by atoms with Crippen LogP contribution in [0.2, 0.25) is 10.0 Å². The zero-order chi connectivity index (χ0) is 14.6. The van der Waals surface area contributed by atoms with Crippen LogP contribution in [0.3, 0.4) is 0 Å². The van der Waals surface area contributed by atoms with Crippen LogP contribution >= 0.6 is 23.2 Å². The van der Waals surface area contributed by atoms with Crippen LogP contribution in [0, 0.1) is 21.4 Å². The number of halogens is 2. The van der Waals surface area contributed by atoms with Crippen LogP contribution < -0.4 is 4.90 Å². The molecule has 1 aromatic rings.